The van der Waals surface area contributed by atoms with Crippen molar-refractivity contribution in [3.05, 3.63) is 28.8 Å². The van der Waals surface area contributed by atoms with Gasteiger partial charge in [0.25, 0.3) is 0 Å². The van der Waals surface area contributed by atoms with Crippen LogP contribution in [0, 0.1) is 11.3 Å². The number of halogens is 1. The van der Waals surface area contributed by atoms with Crippen molar-refractivity contribution in [2.45, 2.75) is 50.7 Å². The van der Waals surface area contributed by atoms with Gasteiger partial charge in [-0.15, -0.1) is 0 Å². The van der Waals surface area contributed by atoms with Crippen molar-refractivity contribution in [2.24, 2.45) is 0 Å². The zero-order chi connectivity index (χ0) is 14.1. The van der Waals surface area contributed by atoms with Crippen LogP contribution in [0.25, 0.3) is 0 Å². The smallest absolute Gasteiger partial charge is 0.101 e. The van der Waals surface area contributed by atoms with E-state index in [1.54, 1.807) is 0 Å². The molecule has 2 bridgehead atoms. The number of hydrogen-bond acceptors (Lipinski definition) is 3. The van der Waals surface area contributed by atoms with Crippen LogP contribution in [-0.2, 0) is 0 Å². The second-order valence-electron chi connectivity index (χ2n) is 5.79. The third-order valence-corrected chi connectivity index (χ3v) is 4.91. The second kappa shape index (κ2) is 5.63. The van der Waals surface area contributed by atoms with Crippen LogP contribution in [0.4, 0.5) is 5.69 Å². The molecule has 1 aromatic rings. The average molecular weight is 290 g/mol. The fraction of sp³-hybridized carbons (Fsp3) is 0.562. The average Bonchev–Trinajstić information content (AvgIpc) is 2.70. The van der Waals surface area contributed by atoms with Crippen LogP contribution in [0.2, 0.25) is 5.02 Å². The minimum absolute atomic E-state index is 0.560. The highest BCUT2D eigenvalue weighted by Crippen LogP contribution is 2.40. The molecule has 2 fully saturated rings. The molecule has 4 heteroatoms. The van der Waals surface area contributed by atoms with E-state index in [0.717, 1.165) is 6.54 Å². The monoisotopic (exact) mass is 289 g/mol. The summed E-state index contributed by atoms with van der Waals surface area (Å²) in [5.41, 5.74) is 1.74. The quantitative estimate of drug-likeness (QED) is 0.928. The third-order valence-electron chi connectivity index (χ3n) is 4.60. The molecular formula is C16H20ClN3. The van der Waals surface area contributed by atoms with E-state index < -0.39 is 0 Å². The van der Waals surface area contributed by atoms with Crippen molar-refractivity contribution in [1.82, 2.24) is 5.32 Å². The largest absolute Gasteiger partial charge is 0.365 e. The van der Waals surface area contributed by atoms with Gasteiger partial charge in [0.15, 0.2) is 0 Å². The molecule has 2 aliphatic rings. The molecule has 3 nitrogen and oxygen atoms in total. The van der Waals surface area contributed by atoms with Gasteiger partial charge in [0.05, 0.1) is 10.6 Å². The van der Waals surface area contributed by atoms with Gasteiger partial charge in [-0.1, -0.05) is 18.5 Å². The number of nitrogens with zero attached hydrogens (tertiary/aromatic N) is 2. The number of piperidine rings is 1. The Balaban J connectivity index is 1.82. The van der Waals surface area contributed by atoms with Crippen molar-refractivity contribution < 1.29 is 0 Å². The Morgan fingerprint density at radius 3 is 2.60 bits per heavy atom. The second-order valence-corrected chi connectivity index (χ2v) is 6.20. The van der Waals surface area contributed by atoms with E-state index in [1.165, 1.54) is 31.4 Å². The Morgan fingerprint density at radius 1 is 1.35 bits per heavy atom. The van der Waals surface area contributed by atoms with Crippen LogP contribution in [0.15, 0.2) is 18.2 Å². The molecule has 3 rings (SSSR count). The Hall–Kier alpha value is -1.24. The maximum Gasteiger partial charge on any atom is 0.101 e. The first-order valence-corrected chi connectivity index (χ1v) is 7.82. The molecule has 0 saturated carbocycles. The zero-order valence-electron chi connectivity index (χ0n) is 11.8. The predicted octanol–water partition coefficient (Wildman–Crippen LogP) is 3.32. The van der Waals surface area contributed by atoms with Crippen molar-refractivity contribution in [1.29, 1.82) is 5.26 Å². The van der Waals surface area contributed by atoms with Gasteiger partial charge in [0.2, 0.25) is 0 Å². The lowest BCUT2D eigenvalue weighted by Crippen LogP contribution is -2.49. The molecule has 0 spiro atoms. The Bertz CT molecular complexity index is 523. The summed E-state index contributed by atoms with van der Waals surface area (Å²) < 4.78 is 0. The fourth-order valence-electron chi connectivity index (χ4n) is 3.81. The summed E-state index contributed by atoms with van der Waals surface area (Å²) in [6, 6.07) is 9.85. The fourth-order valence-corrected chi connectivity index (χ4v) is 4.03. The van der Waals surface area contributed by atoms with Gasteiger partial charge in [0, 0.05) is 23.8 Å². The van der Waals surface area contributed by atoms with E-state index >= 15 is 0 Å². The van der Waals surface area contributed by atoms with Crippen LogP contribution in [-0.4, -0.2) is 24.7 Å². The zero-order valence-corrected chi connectivity index (χ0v) is 12.5. The molecule has 2 heterocycles. The summed E-state index contributed by atoms with van der Waals surface area (Å²) >= 11 is 6.18. The Morgan fingerprint density at radius 2 is 2.05 bits per heavy atom. The van der Waals surface area contributed by atoms with Gasteiger partial charge >= 0.3 is 0 Å². The standard InChI is InChI=1S/C16H20ClN3/c1-2-19-12-7-13-5-6-14(8-12)20(13)15-4-3-11(10-18)16(17)9-15/h3-4,9,12-14,19H,2,5-8H2,1H3. The van der Waals surface area contributed by atoms with E-state index in [9.17, 15) is 0 Å². The van der Waals surface area contributed by atoms with E-state index in [1.807, 2.05) is 18.2 Å². The first kappa shape index (κ1) is 13.7. The number of hydrogen-bond donors (Lipinski definition) is 1. The van der Waals surface area contributed by atoms with Crippen LogP contribution >= 0.6 is 11.6 Å². The molecule has 0 aliphatic carbocycles. The number of benzene rings is 1. The number of rotatable bonds is 3. The summed E-state index contributed by atoms with van der Waals surface area (Å²) in [5.74, 6) is 0. The molecule has 2 saturated heterocycles. The van der Waals surface area contributed by atoms with Gasteiger partial charge < -0.3 is 10.2 Å². The lowest BCUT2D eigenvalue weighted by molar-refractivity contribution is 0.361. The van der Waals surface area contributed by atoms with Crippen molar-refractivity contribution in [2.75, 3.05) is 11.4 Å². The van der Waals surface area contributed by atoms with E-state index in [2.05, 4.69) is 23.2 Å². The summed E-state index contributed by atoms with van der Waals surface area (Å²) in [5, 5.41) is 13.1. The molecule has 0 amide bonds. The lowest BCUT2D eigenvalue weighted by atomic mass is 9.96. The molecule has 2 aliphatic heterocycles. The van der Waals surface area contributed by atoms with E-state index in [-0.39, 0.29) is 0 Å². The number of anilines is 1. The van der Waals surface area contributed by atoms with Gasteiger partial charge in [-0.2, -0.15) is 5.26 Å². The molecule has 106 valence electrons. The highest BCUT2D eigenvalue weighted by Gasteiger charge is 2.40. The molecule has 20 heavy (non-hydrogen) atoms. The first-order valence-electron chi connectivity index (χ1n) is 7.44. The lowest BCUT2D eigenvalue weighted by Gasteiger charge is -2.41. The van der Waals surface area contributed by atoms with Crippen LogP contribution in [0.3, 0.4) is 0 Å². The van der Waals surface area contributed by atoms with Gasteiger partial charge in [-0.25, -0.2) is 0 Å². The molecule has 2 unspecified atom stereocenters. The molecule has 1 N–H and O–H groups in total. The highest BCUT2D eigenvalue weighted by atomic mass is 35.5. The van der Waals surface area contributed by atoms with Crippen molar-refractivity contribution in [3.8, 4) is 6.07 Å². The summed E-state index contributed by atoms with van der Waals surface area (Å²) in [4.78, 5) is 2.53. The SMILES string of the molecule is CCNC1CC2CCC(C1)N2c1ccc(C#N)c(Cl)c1. The van der Waals surface area contributed by atoms with Crippen LogP contribution in [0.5, 0.6) is 0 Å². The summed E-state index contributed by atoms with van der Waals surface area (Å²) in [6.45, 7) is 3.22. The molecule has 1 aromatic carbocycles. The summed E-state index contributed by atoms with van der Waals surface area (Å²) in [7, 11) is 0. The van der Waals surface area contributed by atoms with Gasteiger partial charge in [-0.3, -0.25) is 0 Å². The highest BCUT2D eigenvalue weighted by molar-refractivity contribution is 6.32. The minimum atomic E-state index is 0.560. The van der Waals surface area contributed by atoms with E-state index in [4.69, 9.17) is 16.9 Å². The topological polar surface area (TPSA) is 39.1 Å². The maximum absolute atomic E-state index is 8.97. The molecule has 0 radical (unpaired) electrons. The number of nitriles is 1. The van der Waals surface area contributed by atoms with Crippen molar-refractivity contribution in [3.63, 3.8) is 0 Å². The number of fused-ring (bicyclic) bond motifs is 2. The van der Waals surface area contributed by atoms with Crippen LogP contribution in [0.1, 0.15) is 38.2 Å². The predicted molar refractivity (Wildman–Crippen MR) is 82.2 cm³/mol. The molecule has 2 atom stereocenters. The van der Waals surface area contributed by atoms with Crippen molar-refractivity contribution >= 4 is 17.3 Å². The normalized spacial score (nSPS) is 28.4. The maximum atomic E-state index is 8.97. The van der Waals surface area contributed by atoms with Crippen LogP contribution < -0.4 is 10.2 Å². The Kier molecular flexibility index (Phi) is 3.87. The molecule has 0 aromatic heterocycles. The van der Waals surface area contributed by atoms with Gasteiger partial charge in [-0.05, 0) is 50.4 Å². The first-order chi connectivity index (χ1) is 9.72. The number of nitrogens with one attached hydrogen (secondary N) is 1. The summed E-state index contributed by atoms with van der Waals surface area (Å²) in [6.07, 6.45) is 4.96. The van der Waals surface area contributed by atoms with Gasteiger partial charge in [0.1, 0.15) is 6.07 Å². The third kappa shape index (κ3) is 2.39. The van der Waals surface area contributed by atoms with E-state index in [0.29, 0.717) is 28.7 Å². The molecular weight excluding hydrogens is 270 g/mol. The minimum Gasteiger partial charge on any atom is -0.365 e. The Labute approximate surface area is 125 Å².